The van der Waals surface area contributed by atoms with E-state index in [4.69, 9.17) is 11.6 Å². The summed E-state index contributed by atoms with van der Waals surface area (Å²) in [6.45, 7) is 5.92. The molecule has 124 valence electrons. The fourth-order valence-corrected chi connectivity index (χ4v) is 3.15. The lowest BCUT2D eigenvalue weighted by Gasteiger charge is -2.27. The van der Waals surface area contributed by atoms with E-state index >= 15 is 0 Å². The maximum Gasteiger partial charge on any atom is 0.220 e. The first-order valence-electron chi connectivity index (χ1n) is 7.32. The Hall–Kier alpha value is -0.460. The fraction of sp³-hybridized carbons (Fsp3) is 0.533. The summed E-state index contributed by atoms with van der Waals surface area (Å²) in [6, 6.07) is 7.71. The minimum absolute atomic E-state index is 0. The van der Waals surface area contributed by atoms with Crippen LogP contribution in [0.25, 0.3) is 0 Å². The van der Waals surface area contributed by atoms with Crippen molar-refractivity contribution in [3.05, 3.63) is 29.3 Å². The van der Waals surface area contributed by atoms with Crippen LogP contribution < -0.4 is 10.6 Å². The predicted molar refractivity (Wildman–Crippen MR) is 96.4 cm³/mol. The lowest BCUT2D eigenvalue weighted by atomic mass is 10.3. The van der Waals surface area contributed by atoms with Gasteiger partial charge in [-0.15, -0.1) is 24.2 Å². The van der Waals surface area contributed by atoms with Crippen LogP contribution in [0, 0.1) is 0 Å². The van der Waals surface area contributed by atoms with E-state index < -0.39 is 0 Å². The van der Waals surface area contributed by atoms with E-state index in [1.54, 1.807) is 11.8 Å². The maximum atomic E-state index is 11.8. The van der Waals surface area contributed by atoms with Crippen molar-refractivity contribution in [3.63, 3.8) is 0 Å². The molecule has 7 heteroatoms. The SMILES string of the molecule is Cl.O=C(CCSc1ccc(Cl)cc1)NCCN1CCNCC1. The summed E-state index contributed by atoms with van der Waals surface area (Å²) < 4.78 is 0. The number of halogens is 2. The molecule has 0 aliphatic carbocycles. The van der Waals surface area contributed by atoms with Gasteiger partial charge in [0, 0.05) is 61.4 Å². The zero-order chi connectivity index (χ0) is 14.9. The van der Waals surface area contributed by atoms with Gasteiger partial charge in [-0.3, -0.25) is 9.69 Å². The third-order valence-corrected chi connectivity index (χ3v) is 4.64. The second-order valence-corrected chi connectivity index (χ2v) is 6.60. The molecule has 1 fully saturated rings. The minimum atomic E-state index is 0. The van der Waals surface area contributed by atoms with Gasteiger partial charge in [0.15, 0.2) is 0 Å². The molecule has 0 saturated carbocycles. The number of carbonyl (C=O) groups excluding carboxylic acids is 1. The number of nitrogens with zero attached hydrogens (tertiary/aromatic N) is 1. The number of nitrogens with one attached hydrogen (secondary N) is 2. The molecule has 0 radical (unpaired) electrons. The van der Waals surface area contributed by atoms with Crippen molar-refractivity contribution in [2.24, 2.45) is 0 Å². The summed E-state index contributed by atoms with van der Waals surface area (Å²) >= 11 is 7.52. The third kappa shape index (κ3) is 7.70. The molecule has 0 bridgehead atoms. The molecule has 0 atom stereocenters. The highest BCUT2D eigenvalue weighted by atomic mass is 35.5. The van der Waals surface area contributed by atoms with E-state index in [9.17, 15) is 4.79 Å². The first-order chi connectivity index (χ1) is 10.2. The van der Waals surface area contributed by atoms with Gasteiger partial charge >= 0.3 is 0 Å². The molecule has 1 aliphatic heterocycles. The maximum absolute atomic E-state index is 11.8. The average molecular weight is 364 g/mol. The number of amides is 1. The van der Waals surface area contributed by atoms with Gasteiger partial charge in [0.25, 0.3) is 0 Å². The quantitative estimate of drug-likeness (QED) is 0.729. The zero-order valence-corrected chi connectivity index (χ0v) is 14.9. The van der Waals surface area contributed by atoms with Gasteiger partial charge in [-0.25, -0.2) is 0 Å². The van der Waals surface area contributed by atoms with Crippen LogP contribution in [0.3, 0.4) is 0 Å². The van der Waals surface area contributed by atoms with Gasteiger partial charge < -0.3 is 10.6 Å². The molecular weight excluding hydrogens is 341 g/mol. The summed E-state index contributed by atoms with van der Waals surface area (Å²) in [5.74, 6) is 0.924. The van der Waals surface area contributed by atoms with Crippen LogP contribution in [0.1, 0.15) is 6.42 Å². The number of hydrogen-bond donors (Lipinski definition) is 2. The molecular formula is C15H23Cl2N3OS. The van der Waals surface area contributed by atoms with E-state index in [0.717, 1.165) is 54.9 Å². The van der Waals surface area contributed by atoms with E-state index in [1.807, 2.05) is 24.3 Å². The lowest BCUT2D eigenvalue weighted by Crippen LogP contribution is -2.46. The Morgan fingerprint density at radius 2 is 1.95 bits per heavy atom. The van der Waals surface area contributed by atoms with E-state index in [0.29, 0.717) is 6.42 Å². The highest BCUT2D eigenvalue weighted by molar-refractivity contribution is 7.99. The van der Waals surface area contributed by atoms with Crippen LogP contribution in [-0.2, 0) is 4.79 Å². The smallest absolute Gasteiger partial charge is 0.220 e. The Kier molecular flexibility index (Phi) is 9.91. The first-order valence-corrected chi connectivity index (χ1v) is 8.68. The normalized spacial score (nSPS) is 15.1. The summed E-state index contributed by atoms with van der Waals surface area (Å²) in [5, 5.41) is 7.05. The molecule has 0 spiro atoms. The Labute approximate surface area is 147 Å². The van der Waals surface area contributed by atoms with E-state index in [2.05, 4.69) is 15.5 Å². The molecule has 1 aromatic carbocycles. The number of carbonyl (C=O) groups is 1. The highest BCUT2D eigenvalue weighted by Gasteiger charge is 2.09. The summed E-state index contributed by atoms with van der Waals surface area (Å²) in [6.07, 6.45) is 0.550. The van der Waals surface area contributed by atoms with Crippen molar-refractivity contribution in [2.75, 3.05) is 45.0 Å². The van der Waals surface area contributed by atoms with Crippen molar-refractivity contribution < 1.29 is 4.79 Å². The van der Waals surface area contributed by atoms with Gasteiger partial charge in [0.05, 0.1) is 0 Å². The van der Waals surface area contributed by atoms with Gasteiger partial charge in [0.2, 0.25) is 5.91 Å². The molecule has 0 aromatic heterocycles. The molecule has 1 saturated heterocycles. The topological polar surface area (TPSA) is 44.4 Å². The van der Waals surface area contributed by atoms with Crippen LogP contribution in [0.4, 0.5) is 0 Å². The van der Waals surface area contributed by atoms with Crippen molar-refractivity contribution in [1.29, 1.82) is 0 Å². The molecule has 2 N–H and O–H groups in total. The molecule has 1 heterocycles. The zero-order valence-electron chi connectivity index (χ0n) is 12.5. The molecule has 1 amide bonds. The monoisotopic (exact) mass is 363 g/mol. The number of thioether (sulfide) groups is 1. The van der Waals surface area contributed by atoms with Gasteiger partial charge in [-0.2, -0.15) is 0 Å². The molecule has 1 aromatic rings. The van der Waals surface area contributed by atoms with E-state index in [1.165, 1.54) is 0 Å². The molecule has 2 rings (SSSR count). The first kappa shape index (κ1) is 19.6. The van der Waals surface area contributed by atoms with Crippen molar-refractivity contribution in [3.8, 4) is 0 Å². The summed E-state index contributed by atoms with van der Waals surface area (Å²) in [7, 11) is 0. The number of rotatable bonds is 7. The van der Waals surface area contributed by atoms with Crippen molar-refractivity contribution in [2.45, 2.75) is 11.3 Å². The number of piperazine rings is 1. The van der Waals surface area contributed by atoms with Crippen molar-refractivity contribution >= 4 is 41.7 Å². The standard InChI is InChI=1S/C15H22ClN3OS.ClH/c16-13-1-3-14(4-2-13)21-12-5-15(20)18-8-11-19-9-6-17-7-10-19;/h1-4,17H,5-12H2,(H,18,20);1H. The van der Waals surface area contributed by atoms with Crippen molar-refractivity contribution in [1.82, 2.24) is 15.5 Å². The Morgan fingerprint density at radius 1 is 1.27 bits per heavy atom. The Balaban J connectivity index is 0.00000242. The van der Waals surface area contributed by atoms with Crippen LogP contribution in [0.5, 0.6) is 0 Å². The molecule has 0 unspecified atom stereocenters. The van der Waals surface area contributed by atoms with Gasteiger partial charge in [-0.05, 0) is 24.3 Å². The van der Waals surface area contributed by atoms with Gasteiger partial charge in [0.1, 0.15) is 0 Å². The van der Waals surface area contributed by atoms with Gasteiger partial charge in [-0.1, -0.05) is 11.6 Å². The summed E-state index contributed by atoms with van der Waals surface area (Å²) in [5.41, 5.74) is 0. The molecule has 22 heavy (non-hydrogen) atoms. The Bertz CT molecular complexity index is 439. The predicted octanol–water partition coefficient (Wildman–Crippen LogP) is 2.27. The average Bonchev–Trinajstić information content (AvgIpc) is 2.50. The van der Waals surface area contributed by atoms with Crippen LogP contribution in [0.2, 0.25) is 5.02 Å². The number of hydrogen-bond acceptors (Lipinski definition) is 4. The van der Waals surface area contributed by atoms with Crippen LogP contribution in [0.15, 0.2) is 29.2 Å². The fourth-order valence-electron chi connectivity index (χ4n) is 2.17. The molecule has 4 nitrogen and oxygen atoms in total. The number of benzene rings is 1. The molecule has 1 aliphatic rings. The second-order valence-electron chi connectivity index (χ2n) is 4.99. The van der Waals surface area contributed by atoms with Crippen LogP contribution in [-0.4, -0.2) is 55.8 Å². The second kappa shape index (κ2) is 11.1. The third-order valence-electron chi connectivity index (χ3n) is 3.37. The minimum Gasteiger partial charge on any atom is -0.355 e. The summed E-state index contributed by atoms with van der Waals surface area (Å²) in [4.78, 5) is 15.3. The lowest BCUT2D eigenvalue weighted by molar-refractivity contribution is -0.120. The van der Waals surface area contributed by atoms with E-state index in [-0.39, 0.29) is 18.3 Å². The van der Waals surface area contributed by atoms with Crippen LogP contribution >= 0.6 is 35.8 Å². The Morgan fingerprint density at radius 3 is 2.64 bits per heavy atom. The highest BCUT2D eigenvalue weighted by Crippen LogP contribution is 2.20. The largest absolute Gasteiger partial charge is 0.355 e.